The maximum absolute atomic E-state index is 13.2. The fourth-order valence-corrected chi connectivity index (χ4v) is 4.02. The molecule has 0 N–H and O–H groups in total. The molecule has 3 rings (SSSR count). The molecule has 1 aromatic heterocycles. The summed E-state index contributed by atoms with van der Waals surface area (Å²) in [5.74, 6) is 0.666. The highest BCUT2D eigenvalue weighted by molar-refractivity contribution is 5.82. The number of nitrogens with zero attached hydrogens (tertiary/aromatic N) is 5. The van der Waals surface area contributed by atoms with Crippen LogP contribution in [-0.4, -0.2) is 62.7 Å². The summed E-state index contributed by atoms with van der Waals surface area (Å²) in [5, 5.41) is 4.26. The van der Waals surface area contributed by atoms with Crippen LogP contribution in [0.4, 0.5) is 0 Å². The van der Waals surface area contributed by atoms with Gasteiger partial charge in [-0.15, -0.1) is 0 Å². The van der Waals surface area contributed by atoms with Gasteiger partial charge < -0.3 is 4.90 Å². The van der Waals surface area contributed by atoms with Gasteiger partial charge in [-0.2, -0.15) is 5.10 Å². The van der Waals surface area contributed by atoms with Crippen LogP contribution >= 0.6 is 0 Å². The Bertz CT molecular complexity index is 495. The first-order chi connectivity index (χ1) is 11.2. The number of carbonyl (C=O) groups is 1. The summed E-state index contributed by atoms with van der Waals surface area (Å²) in [4.78, 5) is 21.7. The van der Waals surface area contributed by atoms with E-state index in [9.17, 15) is 4.79 Å². The number of hydrogen-bond acceptors (Lipinski definition) is 4. The molecular weight excluding hydrogens is 290 g/mol. The molecule has 0 saturated carbocycles. The number of aromatic nitrogens is 3. The third kappa shape index (κ3) is 3.74. The van der Waals surface area contributed by atoms with Gasteiger partial charge in [-0.1, -0.05) is 20.3 Å². The number of rotatable bonds is 4. The summed E-state index contributed by atoms with van der Waals surface area (Å²) < 4.78 is 1.91. The highest BCUT2D eigenvalue weighted by Gasteiger charge is 2.35. The first kappa shape index (κ1) is 16.4. The van der Waals surface area contributed by atoms with Gasteiger partial charge in [0.2, 0.25) is 5.91 Å². The van der Waals surface area contributed by atoms with E-state index in [1.807, 2.05) is 4.68 Å². The molecule has 1 aromatic rings. The highest BCUT2D eigenvalue weighted by atomic mass is 16.2. The van der Waals surface area contributed by atoms with Gasteiger partial charge in [0.25, 0.3) is 0 Å². The van der Waals surface area contributed by atoms with E-state index in [4.69, 9.17) is 0 Å². The first-order valence-corrected chi connectivity index (χ1v) is 9.04. The molecule has 2 aliphatic heterocycles. The summed E-state index contributed by atoms with van der Waals surface area (Å²) >= 11 is 0. The van der Waals surface area contributed by atoms with Gasteiger partial charge in [0.1, 0.15) is 12.7 Å². The van der Waals surface area contributed by atoms with E-state index in [0.717, 1.165) is 39.0 Å². The van der Waals surface area contributed by atoms with Crippen molar-refractivity contribution in [3.8, 4) is 0 Å². The van der Waals surface area contributed by atoms with E-state index in [-0.39, 0.29) is 12.1 Å². The van der Waals surface area contributed by atoms with Crippen LogP contribution < -0.4 is 0 Å². The van der Waals surface area contributed by atoms with Gasteiger partial charge in [0.15, 0.2) is 0 Å². The number of amides is 1. The SMILES string of the molecule is CC(C)[C@@H](C(=O)N1CCC[C@@H](n2cncn2)C1)N1CCCCC1. The van der Waals surface area contributed by atoms with Crippen LogP contribution in [0.2, 0.25) is 0 Å². The Morgan fingerprint density at radius 1 is 1.13 bits per heavy atom. The molecule has 0 spiro atoms. The molecular formula is C17H29N5O. The molecule has 2 fully saturated rings. The molecule has 1 amide bonds. The van der Waals surface area contributed by atoms with Crippen molar-refractivity contribution in [1.82, 2.24) is 24.6 Å². The largest absolute Gasteiger partial charge is 0.339 e. The van der Waals surface area contributed by atoms with E-state index < -0.39 is 0 Å². The van der Waals surface area contributed by atoms with E-state index in [1.54, 1.807) is 12.7 Å². The second-order valence-electron chi connectivity index (χ2n) is 7.24. The monoisotopic (exact) mass is 319 g/mol. The normalized spacial score (nSPS) is 24.8. The molecule has 0 unspecified atom stereocenters. The molecule has 6 nitrogen and oxygen atoms in total. The Morgan fingerprint density at radius 2 is 1.91 bits per heavy atom. The number of carbonyl (C=O) groups excluding carboxylic acids is 1. The Labute approximate surface area is 138 Å². The summed E-state index contributed by atoms with van der Waals surface area (Å²) in [6, 6.07) is 0.300. The fraction of sp³-hybridized carbons (Fsp3) is 0.824. The van der Waals surface area contributed by atoms with Gasteiger partial charge in [-0.05, 0) is 44.7 Å². The molecule has 2 aliphatic rings. The van der Waals surface area contributed by atoms with Crippen molar-refractivity contribution in [2.45, 2.75) is 58.0 Å². The first-order valence-electron chi connectivity index (χ1n) is 9.04. The zero-order chi connectivity index (χ0) is 16.2. The minimum atomic E-state index is 0.0322. The van der Waals surface area contributed by atoms with Crippen molar-refractivity contribution in [3.05, 3.63) is 12.7 Å². The van der Waals surface area contributed by atoms with Crippen molar-refractivity contribution in [3.63, 3.8) is 0 Å². The third-order valence-corrected chi connectivity index (χ3v) is 5.19. The lowest BCUT2D eigenvalue weighted by Crippen LogP contribution is -2.54. The minimum absolute atomic E-state index is 0.0322. The lowest BCUT2D eigenvalue weighted by atomic mass is 9.96. The zero-order valence-corrected chi connectivity index (χ0v) is 14.4. The second-order valence-corrected chi connectivity index (χ2v) is 7.24. The third-order valence-electron chi connectivity index (χ3n) is 5.19. The molecule has 2 saturated heterocycles. The molecule has 0 aliphatic carbocycles. The van der Waals surface area contributed by atoms with Crippen LogP contribution in [0.3, 0.4) is 0 Å². The van der Waals surface area contributed by atoms with Crippen molar-refractivity contribution in [2.75, 3.05) is 26.2 Å². The van der Waals surface area contributed by atoms with E-state index in [0.29, 0.717) is 11.8 Å². The maximum atomic E-state index is 13.2. The van der Waals surface area contributed by atoms with E-state index in [1.165, 1.54) is 19.3 Å². The Hall–Kier alpha value is -1.43. The van der Waals surface area contributed by atoms with Crippen LogP contribution in [0, 0.1) is 5.92 Å². The highest BCUT2D eigenvalue weighted by Crippen LogP contribution is 2.24. The van der Waals surface area contributed by atoms with Crippen LogP contribution in [-0.2, 0) is 4.79 Å². The van der Waals surface area contributed by atoms with Gasteiger partial charge in [-0.25, -0.2) is 9.67 Å². The Kier molecular flexibility index (Phi) is 5.30. The van der Waals surface area contributed by atoms with Gasteiger partial charge >= 0.3 is 0 Å². The van der Waals surface area contributed by atoms with Crippen LogP contribution in [0.25, 0.3) is 0 Å². The van der Waals surface area contributed by atoms with Crippen molar-refractivity contribution in [1.29, 1.82) is 0 Å². The van der Waals surface area contributed by atoms with Crippen LogP contribution in [0.5, 0.6) is 0 Å². The predicted molar refractivity (Wildman–Crippen MR) is 88.9 cm³/mol. The number of hydrogen-bond donors (Lipinski definition) is 0. The maximum Gasteiger partial charge on any atom is 0.240 e. The molecule has 3 heterocycles. The second kappa shape index (κ2) is 7.43. The zero-order valence-electron chi connectivity index (χ0n) is 14.4. The fourth-order valence-electron chi connectivity index (χ4n) is 4.02. The molecule has 0 radical (unpaired) electrons. The number of likely N-dealkylation sites (tertiary alicyclic amines) is 2. The predicted octanol–water partition coefficient (Wildman–Crippen LogP) is 1.95. The molecule has 0 aromatic carbocycles. The summed E-state index contributed by atoms with van der Waals surface area (Å²) in [7, 11) is 0. The van der Waals surface area contributed by atoms with Crippen molar-refractivity contribution >= 4 is 5.91 Å². The molecule has 2 atom stereocenters. The lowest BCUT2D eigenvalue weighted by Gasteiger charge is -2.41. The van der Waals surface area contributed by atoms with Gasteiger partial charge in [-0.3, -0.25) is 9.69 Å². The smallest absolute Gasteiger partial charge is 0.240 e. The standard InChI is InChI=1S/C17H29N5O/c1-14(2)16(20-8-4-3-5-9-20)17(23)21-10-6-7-15(11-21)22-13-18-12-19-22/h12-16H,3-11H2,1-2H3/t15-,16+/m1/s1. The van der Waals surface area contributed by atoms with E-state index in [2.05, 4.69) is 33.7 Å². The van der Waals surface area contributed by atoms with Gasteiger partial charge in [0, 0.05) is 13.1 Å². The lowest BCUT2D eigenvalue weighted by molar-refractivity contribution is -0.141. The van der Waals surface area contributed by atoms with Crippen molar-refractivity contribution < 1.29 is 4.79 Å². The minimum Gasteiger partial charge on any atom is -0.339 e. The van der Waals surface area contributed by atoms with E-state index >= 15 is 0 Å². The molecule has 23 heavy (non-hydrogen) atoms. The van der Waals surface area contributed by atoms with Crippen molar-refractivity contribution in [2.24, 2.45) is 5.92 Å². The Balaban J connectivity index is 1.69. The molecule has 6 heteroatoms. The van der Waals surface area contributed by atoms with Crippen LogP contribution in [0.15, 0.2) is 12.7 Å². The summed E-state index contributed by atoms with van der Waals surface area (Å²) in [6.07, 6.45) is 9.20. The van der Waals surface area contributed by atoms with Gasteiger partial charge in [0.05, 0.1) is 12.1 Å². The quantitative estimate of drug-likeness (QED) is 0.851. The summed E-state index contributed by atoms with van der Waals surface area (Å²) in [5.41, 5.74) is 0. The topological polar surface area (TPSA) is 54.3 Å². The Morgan fingerprint density at radius 3 is 2.57 bits per heavy atom. The molecule has 0 bridgehead atoms. The average molecular weight is 319 g/mol. The molecule has 128 valence electrons. The van der Waals surface area contributed by atoms with Crippen LogP contribution in [0.1, 0.15) is 52.0 Å². The summed E-state index contributed by atoms with van der Waals surface area (Å²) in [6.45, 7) is 8.12. The number of piperidine rings is 2. The average Bonchev–Trinajstić information content (AvgIpc) is 3.10.